The topological polar surface area (TPSA) is 133 Å². The highest BCUT2D eigenvalue weighted by atomic mass is 16.7. The lowest BCUT2D eigenvalue weighted by atomic mass is 9.81. The molecule has 0 aromatic carbocycles. The maximum Gasteiger partial charge on any atom is 0.337 e. The largest absolute Gasteiger partial charge is 0.481 e. The molecule has 9 heteroatoms. The number of rotatable bonds is 5. The zero-order chi connectivity index (χ0) is 20.8. The summed E-state index contributed by atoms with van der Waals surface area (Å²) < 4.78 is 0. The number of nitrogens with zero attached hydrogens (tertiary/aromatic N) is 1. The van der Waals surface area contributed by atoms with Crippen LogP contribution in [0.1, 0.15) is 36.8 Å². The Balaban J connectivity index is 0.000000224. The van der Waals surface area contributed by atoms with Crippen molar-refractivity contribution in [1.82, 2.24) is 15.0 Å². The molecule has 3 N–H and O–H groups in total. The number of fused-ring (bicyclic) bond motifs is 1. The monoisotopic (exact) mass is 401 g/mol. The number of hydrogen-bond acceptors (Lipinski definition) is 5. The molecule has 29 heavy (non-hydrogen) atoms. The van der Waals surface area contributed by atoms with Gasteiger partial charge < -0.3 is 19.9 Å². The van der Waals surface area contributed by atoms with Gasteiger partial charge in [-0.1, -0.05) is 12.8 Å². The van der Waals surface area contributed by atoms with Gasteiger partial charge >= 0.3 is 11.9 Å². The number of carbonyl (C=O) groups excluding carboxylic acids is 3. The van der Waals surface area contributed by atoms with Crippen LogP contribution in [0.15, 0.2) is 36.9 Å². The van der Waals surface area contributed by atoms with Gasteiger partial charge in [0.2, 0.25) is 0 Å². The van der Waals surface area contributed by atoms with Crippen molar-refractivity contribution in [1.29, 1.82) is 0 Å². The van der Waals surface area contributed by atoms with E-state index >= 15 is 0 Å². The molecule has 0 radical (unpaired) electrons. The Hall–Kier alpha value is -3.36. The van der Waals surface area contributed by atoms with Gasteiger partial charge in [-0.25, -0.2) is 4.79 Å². The maximum atomic E-state index is 12.1. The molecular formula is C20H23N3O6. The van der Waals surface area contributed by atoms with Crippen LogP contribution in [0.3, 0.4) is 0 Å². The number of carboxylic acids is 1. The normalized spacial score (nSPS) is 20.6. The third-order valence-corrected chi connectivity index (χ3v) is 5.02. The van der Waals surface area contributed by atoms with Crippen LogP contribution in [0, 0.1) is 11.8 Å². The highest BCUT2D eigenvalue weighted by Crippen LogP contribution is 2.38. The minimum absolute atomic E-state index is 0.0376. The zero-order valence-corrected chi connectivity index (χ0v) is 15.8. The van der Waals surface area contributed by atoms with Crippen LogP contribution in [-0.4, -0.2) is 43.9 Å². The molecular weight excluding hydrogens is 378 g/mol. The first kappa shape index (κ1) is 20.4. The number of hydroxylamine groups is 2. The van der Waals surface area contributed by atoms with Crippen molar-refractivity contribution in [2.45, 2.75) is 38.5 Å². The number of aromatic amines is 2. The van der Waals surface area contributed by atoms with Gasteiger partial charge in [0.15, 0.2) is 0 Å². The van der Waals surface area contributed by atoms with E-state index in [1.165, 1.54) is 0 Å². The first-order valence-electron chi connectivity index (χ1n) is 9.49. The van der Waals surface area contributed by atoms with E-state index in [1.54, 1.807) is 36.9 Å². The molecule has 2 aromatic heterocycles. The lowest BCUT2D eigenvalue weighted by molar-refractivity contribution is -0.198. The van der Waals surface area contributed by atoms with Gasteiger partial charge in [-0.15, -0.1) is 5.06 Å². The molecule has 3 heterocycles. The molecule has 0 spiro atoms. The van der Waals surface area contributed by atoms with Crippen LogP contribution in [0.25, 0.3) is 0 Å². The summed E-state index contributed by atoms with van der Waals surface area (Å²) in [5.74, 6) is -2.70. The van der Waals surface area contributed by atoms with Crippen LogP contribution in [0.4, 0.5) is 0 Å². The molecule has 2 aliphatic rings. The second-order valence-electron chi connectivity index (χ2n) is 7.12. The lowest BCUT2D eigenvalue weighted by Crippen LogP contribution is -2.34. The Labute approximate surface area is 167 Å². The summed E-state index contributed by atoms with van der Waals surface area (Å²) in [7, 11) is 0. The van der Waals surface area contributed by atoms with E-state index in [2.05, 4.69) is 9.97 Å². The minimum atomic E-state index is -0.797. The van der Waals surface area contributed by atoms with Crippen LogP contribution in [0.2, 0.25) is 0 Å². The molecule has 2 amide bonds. The van der Waals surface area contributed by atoms with E-state index in [9.17, 15) is 19.2 Å². The van der Waals surface area contributed by atoms with Gasteiger partial charge in [-0.3, -0.25) is 14.4 Å². The highest BCUT2D eigenvalue weighted by molar-refractivity contribution is 6.04. The molecule has 4 rings (SSSR count). The maximum absolute atomic E-state index is 12.1. The van der Waals surface area contributed by atoms with E-state index in [-0.39, 0.29) is 36.5 Å². The number of imide groups is 1. The quantitative estimate of drug-likeness (QED) is 0.655. The Morgan fingerprint density at radius 2 is 1.48 bits per heavy atom. The summed E-state index contributed by atoms with van der Waals surface area (Å²) in [5.41, 5.74) is 1.56. The Morgan fingerprint density at radius 1 is 0.966 bits per heavy atom. The summed E-state index contributed by atoms with van der Waals surface area (Å²) in [6.07, 6.45) is 10.2. The lowest BCUT2D eigenvalue weighted by Gasteiger charge is -2.19. The predicted molar refractivity (Wildman–Crippen MR) is 100 cm³/mol. The summed E-state index contributed by atoms with van der Waals surface area (Å²) in [5, 5.41) is 8.96. The zero-order valence-electron chi connectivity index (χ0n) is 15.8. The van der Waals surface area contributed by atoms with Gasteiger partial charge in [0.05, 0.1) is 24.7 Å². The number of nitrogens with one attached hydrogen (secondary N) is 2. The molecule has 1 aliphatic heterocycles. The molecule has 9 nitrogen and oxygen atoms in total. The smallest absolute Gasteiger partial charge is 0.337 e. The van der Waals surface area contributed by atoms with Crippen LogP contribution < -0.4 is 0 Å². The molecule has 2 fully saturated rings. The van der Waals surface area contributed by atoms with Crippen LogP contribution in [-0.2, 0) is 36.9 Å². The standard InChI is InChI=1S/C14H16N2O4.C6H7NO2/c17-12(7-9-5-6-15-8-9)20-16-13(18)10-3-1-2-4-11(10)14(16)19;8-6(9)3-5-1-2-7-4-5/h5-6,8,10-11,15H,1-4,7H2;1-2,4,7H,3H2,(H,8,9). The van der Waals surface area contributed by atoms with Gasteiger partial charge in [-0.2, -0.15) is 0 Å². The van der Waals surface area contributed by atoms with Crippen molar-refractivity contribution in [2.24, 2.45) is 11.8 Å². The first-order valence-corrected chi connectivity index (χ1v) is 9.49. The Kier molecular flexibility index (Phi) is 6.48. The minimum Gasteiger partial charge on any atom is -0.481 e. The number of H-pyrrole nitrogens is 2. The Bertz CT molecular complexity index is 835. The highest BCUT2D eigenvalue weighted by Gasteiger charge is 2.50. The fourth-order valence-electron chi connectivity index (χ4n) is 3.63. The van der Waals surface area contributed by atoms with Gasteiger partial charge in [0, 0.05) is 24.8 Å². The van der Waals surface area contributed by atoms with Gasteiger partial charge in [-0.05, 0) is 36.1 Å². The van der Waals surface area contributed by atoms with E-state index in [4.69, 9.17) is 9.94 Å². The predicted octanol–water partition coefficient (Wildman–Crippen LogP) is 1.83. The van der Waals surface area contributed by atoms with Gasteiger partial charge in [0.25, 0.3) is 11.8 Å². The fraction of sp³-hybridized carbons (Fsp3) is 0.400. The summed E-state index contributed by atoms with van der Waals surface area (Å²) in [6.45, 7) is 0. The third-order valence-electron chi connectivity index (χ3n) is 5.02. The molecule has 154 valence electrons. The number of aromatic nitrogens is 2. The SMILES string of the molecule is O=C(Cc1cc[nH]c1)ON1C(=O)C2CCCCC2C1=O.O=C(O)Cc1cc[nH]c1. The second-order valence-corrected chi connectivity index (χ2v) is 7.12. The van der Waals surface area contributed by atoms with Gasteiger partial charge in [0.1, 0.15) is 0 Å². The number of amides is 2. The fourth-order valence-corrected chi connectivity index (χ4v) is 3.63. The first-order chi connectivity index (χ1) is 14.0. The molecule has 1 saturated carbocycles. The molecule has 1 saturated heterocycles. The van der Waals surface area contributed by atoms with Crippen molar-refractivity contribution >= 4 is 23.8 Å². The number of aliphatic carboxylic acids is 1. The molecule has 1 aliphatic carbocycles. The molecule has 2 aromatic rings. The Morgan fingerprint density at radius 3 is 1.93 bits per heavy atom. The van der Waals surface area contributed by atoms with Crippen molar-refractivity contribution in [3.8, 4) is 0 Å². The molecule has 2 atom stereocenters. The summed E-state index contributed by atoms with van der Waals surface area (Å²) in [6, 6.07) is 3.49. The van der Waals surface area contributed by atoms with Crippen molar-refractivity contribution < 1.29 is 29.1 Å². The van der Waals surface area contributed by atoms with Crippen LogP contribution in [0.5, 0.6) is 0 Å². The summed E-state index contributed by atoms with van der Waals surface area (Å²) in [4.78, 5) is 56.6. The van der Waals surface area contributed by atoms with E-state index in [1.807, 2.05) is 0 Å². The van der Waals surface area contributed by atoms with Crippen LogP contribution >= 0.6 is 0 Å². The summed E-state index contributed by atoms with van der Waals surface area (Å²) >= 11 is 0. The average molecular weight is 401 g/mol. The van der Waals surface area contributed by atoms with Crippen molar-refractivity contribution in [3.05, 3.63) is 48.0 Å². The van der Waals surface area contributed by atoms with E-state index in [0.717, 1.165) is 24.0 Å². The number of hydrogen-bond donors (Lipinski definition) is 3. The van der Waals surface area contributed by atoms with Crippen molar-refractivity contribution in [2.75, 3.05) is 0 Å². The van der Waals surface area contributed by atoms with Crippen molar-refractivity contribution in [3.63, 3.8) is 0 Å². The third kappa shape index (κ3) is 5.13. The average Bonchev–Trinajstić information content (AvgIpc) is 3.43. The number of carbonyl (C=O) groups is 4. The van der Waals surface area contributed by atoms with E-state index < -0.39 is 11.9 Å². The van der Waals surface area contributed by atoms with E-state index in [0.29, 0.717) is 17.9 Å². The second kappa shape index (κ2) is 9.22. The number of carboxylic acid groups (broad SMARTS) is 1. The molecule has 2 unspecified atom stereocenters. The molecule has 0 bridgehead atoms.